The van der Waals surface area contributed by atoms with E-state index in [9.17, 15) is 40.7 Å². The van der Waals surface area contributed by atoms with Crippen LogP contribution >= 0.6 is 0 Å². The molecule has 0 fully saturated rings. The Balaban J connectivity index is 0.831. The molecule has 0 saturated carbocycles. The number of esters is 2. The number of carbonyl (C=O) groups is 3. The van der Waals surface area contributed by atoms with Gasteiger partial charge in [-0.25, -0.2) is 29.5 Å². The van der Waals surface area contributed by atoms with Gasteiger partial charge in [0.25, 0.3) is 5.91 Å². The summed E-state index contributed by atoms with van der Waals surface area (Å²) in [5.41, 5.74) is 5.73. The molecule has 16 rings (SSSR count). The summed E-state index contributed by atoms with van der Waals surface area (Å²) in [5, 5.41) is 2.86. The van der Waals surface area contributed by atoms with E-state index in [0.29, 0.717) is 80.8 Å². The second-order valence-electron chi connectivity index (χ2n) is 32.5. The Morgan fingerprint density at radius 1 is 0.341 bits per heavy atom. The van der Waals surface area contributed by atoms with Crippen molar-refractivity contribution in [3.63, 3.8) is 0 Å². The minimum absolute atomic E-state index is 0.0296. The second-order valence-corrected chi connectivity index (χ2v) is 38.2. The number of halogens is 14. The Hall–Kier alpha value is -13.8. The standard InChI is InChI=1S/C97H75F14N9O5Si/c1-49-45-51(3)79(52(4)46-49)85-71-31-27-63(113-71)81(56-13-19-60(20-14-56)90(122)124-7)64-28-32-72(114-64)86(80-53(5)47-50(2)48-54(80)6)74-34-30-66(116-74)84(65-29-33-73(85)115-65)58-23-25-62(26-24-58)112-89(121)59-17-11-55(12-18-59)82-67-35-39-75(117-67)87(92(98,99)94(102,103)96(106,107)108)77-41-37-69(119-77)83(57-15-21-61(22-16-57)91(123)125-43-44-126(8,9)10)70-38-42-78(120-70)88(76-40-36-68(82)118-76)93(100,101)95(104,105)97(109,110)111/h11-42,45-48,113,116-117,120H,43-44H2,1-10H3,(H,112,121). The van der Waals surface area contributed by atoms with Crippen molar-refractivity contribution in [2.24, 2.45) is 0 Å². The van der Waals surface area contributed by atoms with Crippen molar-refractivity contribution in [3.8, 4) is 66.8 Å². The first kappa shape index (κ1) is 85.7. The van der Waals surface area contributed by atoms with Gasteiger partial charge in [-0.05, 0) is 249 Å². The number of aromatic amines is 4. The number of carbonyl (C=O) groups excluding carboxylic acids is 3. The third-order valence-electron chi connectivity index (χ3n) is 22.4. The van der Waals surface area contributed by atoms with Gasteiger partial charge in [0.1, 0.15) is 0 Å². The Morgan fingerprint density at radius 2 is 0.611 bits per heavy atom. The monoisotopic (exact) mass is 1740 g/mol. The van der Waals surface area contributed by atoms with Gasteiger partial charge in [0.15, 0.2) is 0 Å². The Morgan fingerprint density at radius 3 is 0.929 bits per heavy atom. The van der Waals surface area contributed by atoms with E-state index in [1.54, 1.807) is 36.4 Å². The van der Waals surface area contributed by atoms with E-state index in [1.807, 2.05) is 122 Å². The predicted octanol–water partition coefficient (Wildman–Crippen LogP) is 26.6. The number of alkyl halides is 14. The number of hydrogen-bond donors (Lipinski definition) is 5. The third-order valence-corrected chi connectivity index (χ3v) is 24.2. The minimum Gasteiger partial charge on any atom is -0.465 e. The van der Waals surface area contributed by atoms with Crippen LogP contribution in [0.4, 0.5) is 67.2 Å². The summed E-state index contributed by atoms with van der Waals surface area (Å²) in [6, 6.07) is 43.6. The normalized spacial score (nSPS) is 13.1. The van der Waals surface area contributed by atoms with Crippen LogP contribution in [0, 0.1) is 41.5 Å². The smallest absolute Gasteiger partial charge is 0.460 e. The third kappa shape index (κ3) is 15.5. The Bertz CT molecular complexity index is 6890. The number of nitrogens with one attached hydrogen (secondary N) is 5. The highest BCUT2D eigenvalue weighted by molar-refractivity contribution is 6.76. The fraction of sp³-hybridized carbons (Fsp3) is 0.186. The summed E-state index contributed by atoms with van der Waals surface area (Å²) < 4.78 is 228. The summed E-state index contributed by atoms with van der Waals surface area (Å²) in [4.78, 5) is 72.3. The molecule has 126 heavy (non-hydrogen) atoms. The lowest BCUT2D eigenvalue weighted by atomic mass is 9.92. The molecule has 10 heterocycles. The number of amides is 1. The van der Waals surface area contributed by atoms with Crippen LogP contribution in [0.1, 0.15) is 121 Å². The Kier molecular flexibility index (Phi) is 21.6. The summed E-state index contributed by atoms with van der Waals surface area (Å²) in [5.74, 6) is -28.2. The van der Waals surface area contributed by atoms with Gasteiger partial charge in [0.05, 0.1) is 92.6 Å². The number of methoxy groups -OCH3 is 1. The van der Waals surface area contributed by atoms with Crippen LogP contribution in [0.15, 0.2) is 170 Å². The SMILES string of the molecule is COC(=O)c1ccc(-c2c3nc(c(-c4c(C)cc(C)cc4C)c4ccc([nH]4)c(-c4ccc(NC(=O)c5ccc(-c6c7nc(c(C(F)(F)C(F)(F)C(F)(F)F)c8ccc([nH]8)c(-c8ccc(C(=O)OCC[Si](C)(C)C)cc8)c8nc(c(C(F)(F)C(F)(F)C(F)(F)F)c9ccc6[nH]9)C=C8)C=C7)cc5)cc4)c4nc(c(-c5c(C)cc(C)cc5C)c5ccc2[nH]5)C=C4)C=C3)cc1. The molecule has 0 aliphatic carbocycles. The zero-order valence-electron chi connectivity index (χ0n) is 68.8. The maximum absolute atomic E-state index is 16.9. The molecule has 6 aromatic carbocycles. The number of ether oxygens (including phenoxy) is 2. The van der Waals surface area contributed by atoms with Crippen LogP contribution in [0.2, 0.25) is 25.7 Å². The lowest BCUT2D eigenvalue weighted by Gasteiger charge is -2.28. The van der Waals surface area contributed by atoms with Crippen molar-refractivity contribution >= 4 is 124 Å². The van der Waals surface area contributed by atoms with E-state index in [1.165, 1.54) is 55.6 Å². The van der Waals surface area contributed by atoms with Crippen molar-refractivity contribution in [3.05, 3.63) is 277 Å². The van der Waals surface area contributed by atoms with Crippen molar-refractivity contribution in [2.45, 2.75) is 103 Å². The van der Waals surface area contributed by atoms with Gasteiger partial charge in [-0.3, -0.25) is 4.79 Å². The molecule has 0 atom stereocenters. The van der Waals surface area contributed by atoms with Gasteiger partial charge in [-0.15, -0.1) is 0 Å². The van der Waals surface area contributed by atoms with E-state index in [4.69, 9.17) is 19.4 Å². The van der Waals surface area contributed by atoms with Crippen LogP contribution < -0.4 is 5.32 Å². The van der Waals surface area contributed by atoms with Crippen LogP contribution in [0.25, 0.3) is 160 Å². The zero-order valence-corrected chi connectivity index (χ0v) is 69.8. The molecule has 6 aromatic heterocycles. The number of aromatic nitrogens is 8. The van der Waals surface area contributed by atoms with Crippen LogP contribution in [-0.2, 0) is 21.3 Å². The number of benzene rings is 6. The van der Waals surface area contributed by atoms with Gasteiger partial charge in [0.2, 0.25) is 0 Å². The molecule has 0 unspecified atom stereocenters. The van der Waals surface area contributed by atoms with Crippen molar-refractivity contribution < 1.29 is 85.3 Å². The summed E-state index contributed by atoms with van der Waals surface area (Å²) >= 11 is 0. The van der Waals surface area contributed by atoms with Crippen molar-refractivity contribution in [1.29, 1.82) is 0 Å². The minimum atomic E-state index is -6.92. The highest BCUT2D eigenvalue weighted by Crippen LogP contribution is 2.56. The molecule has 640 valence electrons. The molecule has 0 radical (unpaired) electrons. The highest BCUT2D eigenvalue weighted by Gasteiger charge is 2.75. The first-order valence-corrected chi connectivity index (χ1v) is 43.3. The first-order valence-electron chi connectivity index (χ1n) is 39.6. The molecule has 12 aromatic rings. The number of hydrogen-bond acceptors (Lipinski definition) is 9. The Labute approximate surface area is 711 Å². The number of fused-ring (bicyclic) bond motifs is 16. The molecule has 14 nitrogen and oxygen atoms in total. The largest absolute Gasteiger partial charge is 0.465 e. The average Bonchev–Trinajstić information content (AvgIpc) is 1.58. The number of anilines is 1. The van der Waals surface area contributed by atoms with Gasteiger partial charge < -0.3 is 34.7 Å². The fourth-order valence-electron chi connectivity index (χ4n) is 16.5. The second kappa shape index (κ2) is 31.7. The van der Waals surface area contributed by atoms with E-state index >= 15 is 35.1 Å². The molecule has 1 amide bonds. The molecular formula is C97H75F14N9O5Si. The molecule has 4 aliphatic rings. The van der Waals surface area contributed by atoms with Gasteiger partial charge in [-0.1, -0.05) is 104 Å². The fourth-order valence-corrected chi connectivity index (χ4v) is 17.3. The summed E-state index contributed by atoms with van der Waals surface area (Å²) in [6.07, 6.45) is -3.01. The maximum Gasteiger partial charge on any atom is 0.460 e. The number of aryl methyl sites for hydroxylation is 6. The first-order chi connectivity index (χ1) is 59.5. The topological polar surface area (TPSA) is 196 Å². The summed E-state index contributed by atoms with van der Waals surface area (Å²) in [6.45, 7) is 18.3. The number of rotatable bonds is 17. The lowest BCUT2D eigenvalue weighted by molar-refractivity contribution is -0.359. The van der Waals surface area contributed by atoms with E-state index in [-0.39, 0.29) is 34.5 Å². The molecule has 4 aliphatic heterocycles. The van der Waals surface area contributed by atoms with E-state index < -0.39 is 129 Å². The van der Waals surface area contributed by atoms with Gasteiger partial charge in [0, 0.05) is 85.8 Å². The lowest BCUT2D eigenvalue weighted by Crippen LogP contribution is -2.50. The molecule has 16 bridgehead atoms. The van der Waals surface area contributed by atoms with Crippen molar-refractivity contribution in [1.82, 2.24) is 39.9 Å². The molecule has 5 N–H and O–H groups in total. The van der Waals surface area contributed by atoms with Gasteiger partial charge >= 0.3 is 48.0 Å². The van der Waals surface area contributed by atoms with Crippen molar-refractivity contribution in [2.75, 3.05) is 19.0 Å². The predicted molar refractivity (Wildman–Crippen MR) is 466 cm³/mol. The molecular weight excluding hydrogens is 1670 g/mol. The van der Waals surface area contributed by atoms with E-state index in [0.717, 1.165) is 102 Å². The summed E-state index contributed by atoms with van der Waals surface area (Å²) in [7, 11) is -0.399. The zero-order chi connectivity index (χ0) is 90.0. The highest BCUT2D eigenvalue weighted by atomic mass is 28.3. The number of nitrogens with zero attached hydrogens (tertiary/aromatic N) is 4. The molecule has 0 saturated heterocycles. The van der Waals surface area contributed by atoms with Gasteiger partial charge in [-0.2, -0.15) is 61.5 Å². The van der Waals surface area contributed by atoms with Crippen LogP contribution in [0.5, 0.6) is 0 Å². The van der Waals surface area contributed by atoms with Crippen LogP contribution in [0.3, 0.4) is 0 Å². The molecule has 29 heteroatoms. The van der Waals surface area contributed by atoms with E-state index in [2.05, 4.69) is 59.5 Å². The number of H-pyrrole nitrogens is 4. The average molecular weight is 1740 g/mol. The molecule has 0 spiro atoms. The quantitative estimate of drug-likeness (QED) is 0.0335. The maximum atomic E-state index is 16.9. The van der Waals surface area contributed by atoms with Crippen LogP contribution in [-0.4, -0.2) is 104 Å².